The van der Waals surface area contributed by atoms with Gasteiger partial charge in [-0.3, -0.25) is 14.9 Å². The average molecular weight is 401 g/mol. The highest BCUT2D eigenvalue weighted by Gasteiger charge is 2.24. The first kappa shape index (κ1) is 17.6. The minimum Gasteiger partial charge on any atom is -0.343 e. The molecular formula is C17H15N5O3S2. The average Bonchev–Trinajstić information content (AvgIpc) is 3.39. The highest BCUT2D eigenvalue weighted by molar-refractivity contribution is 7.22. The predicted molar refractivity (Wildman–Crippen MR) is 104 cm³/mol. The molecule has 8 nitrogen and oxygen atoms in total. The van der Waals surface area contributed by atoms with Gasteiger partial charge >= 0.3 is 0 Å². The Bertz CT molecular complexity index is 947. The zero-order chi connectivity index (χ0) is 18.8. The van der Waals surface area contributed by atoms with Crippen molar-refractivity contribution >= 4 is 39.4 Å². The summed E-state index contributed by atoms with van der Waals surface area (Å²) in [4.78, 5) is 27.8. The van der Waals surface area contributed by atoms with Crippen molar-refractivity contribution in [1.29, 1.82) is 0 Å². The molecule has 10 heteroatoms. The van der Waals surface area contributed by atoms with E-state index >= 15 is 0 Å². The molecule has 2 aromatic heterocycles. The molecule has 1 amide bonds. The van der Waals surface area contributed by atoms with Crippen LogP contribution in [-0.2, 0) is 0 Å². The van der Waals surface area contributed by atoms with Crippen LogP contribution < -0.4 is 4.90 Å². The summed E-state index contributed by atoms with van der Waals surface area (Å²) in [6, 6.07) is 9.74. The molecule has 3 aromatic rings. The van der Waals surface area contributed by atoms with Crippen LogP contribution in [0.3, 0.4) is 0 Å². The van der Waals surface area contributed by atoms with Crippen molar-refractivity contribution in [1.82, 2.24) is 15.1 Å². The van der Waals surface area contributed by atoms with Crippen molar-refractivity contribution < 1.29 is 9.72 Å². The number of anilines is 1. The van der Waals surface area contributed by atoms with Gasteiger partial charge in [0.1, 0.15) is 0 Å². The molecule has 0 atom stereocenters. The number of hydrogen-bond donors (Lipinski definition) is 0. The van der Waals surface area contributed by atoms with E-state index in [1.54, 1.807) is 27.6 Å². The second-order valence-corrected chi connectivity index (χ2v) is 7.85. The first-order chi connectivity index (χ1) is 13.1. The van der Waals surface area contributed by atoms with Gasteiger partial charge in [0.2, 0.25) is 5.13 Å². The number of hydrogen-bond acceptors (Lipinski definition) is 8. The Morgan fingerprint density at radius 2 is 1.81 bits per heavy atom. The van der Waals surface area contributed by atoms with Gasteiger partial charge in [-0.2, -0.15) is 0 Å². The van der Waals surface area contributed by atoms with E-state index in [2.05, 4.69) is 15.1 Å². The van der Waals surface area contributed by atoms with Crippen LogP contribution in [0, 0.1) is 10.1 Å². The molecule has 1 saturated heterocycles. The number of benzene rings is 1. The van der Waals surface area contributed by atoms with Crippen molar-refractivity contribution in [2.45, 2.75) is 0 Å². The highest BCUT2D eigenvalue weighted by Crippen LogP contribution is 2.31. The van der Waals surface area contributed by atoms with Crippen LogP contribution in [0.5, 0.6) is 0 Å². The summed E-state index contributed by atoms with van der Waals surface area (Å²) in [5.41, 5.74) is 0.444. The fraction of sp³-hybridized carbons (Fsp3) is 0.235. The lowest BCUT2D eigenvalue weighted by Crippen LogP contribution is -2.48. The number of amides is 1. The van der Waals surface area contributed by atoms with E-state index in [9.17, 15) is 14.9 Å². The van der Waals surface area contributed by atoms with Crippen molar-refractivity contribution in [3.63, 3.8) is 0 Å². The van der Waals surface area contributed by atoms with E-state index in [1.165, 1.54) is 24.3 Å². The van der Waals surface area contributed by atoms with Crippen molar-refractivity contribution in [3.05, 3.63) is 57.5 Å². The van der Waals surface area contributed by atoms with Crippen LogP contribution in [0.15, 0.2) is 41.8 Å². The second kappa shape index (κ2) is 7.41. The van der Waals surface area contributed by atoms with E-state index in [1.807, 2.05) is 17.5 Å². The molecule has 27 heavy (non-hydrogen) atoms. The SMILES string of the molecule is O=C(c1ccc([N+](=O)[O-])cc1)N1CCN(c2nnc(-c3cccs3)s2)CC1. The summed E-state index contributed by atoms with van der Waals surface area (Å²) in [6.45, 7) is 2.50. The number of thiophene rings is 1. The molecule has 1 aliphatic heterocycles. The van der Waals surface area contributed by atoms with Crippen LogP contribution in [0.25, 0.3) is 9.88 Å². The van der Waals surface area contributed by atoms with E-state index in [0.29, 0.717) is 31.7 Å². The van der Waals surface area contributed by atoms with E-state index in [4.69, 9.17) is 0 Å². The summed E-state index contributed by atoms with van der Waals surface area (Å²) >= 11 is 3.19. The maximum Gasteiger partial charge on any atom is 0.269 e. The third-order valence-corrected chi connectivity index (χ3v) is 6.33. The molecule has 138 valence electrons. The fourth-order valence-electron chi connectivity index (χ4n) is 2.85. The first-order valence-corrected chi connectivity index (χ1v) is 9.97. The van der Waals surface area contributed by atoms with Crippen molar-refractivity contribution in [2.24, 2.45) is 0 Å². The number of carbonyl (C=O) groups excluding carboxylic acids is 1. The third kappa shape index (κ3) is 3.67. The lowest BCUT2D eigenvalue weighted by Gasteiger charge is -2.34. The molecule has 0 saturated carbocycles. The Balaban J connectivity index is 1.38. The Kier molecular flexibility index (Phi) is 4.82. The molecule has 0 spiro atoms. The second-order valence-electron chi connectivity index (χ2n) is 5.95. The minimum atomic E-state index is -0.473. The Morgan fingerprint density at radius 3 is 2.44 bits per heavy atom. The predicted octanol–water partition coefficient (Wildman–Crippen LogP) is 3.14. The minimum absolute atomic E-state index is 0.0193. The summed E-state index contributed by atoms with van der Waals surface area (Å²) in [5, 5.41) is 23.1. The van der Waals surface area contributed by atoms with Gasteiger partial charge < -0.3 is 9.80 Å². The standard InChI is InChI=1S/C17H15N5O3S2/c23-16(12-3-5-13(6-4-12)22(24)25)20-7-9-21(10-8-20)17-19-18-15(27-17)14-2-1-11-26-14/h1-6,11H,7-10H2. The number of nitrogens with zero attached hydrogens (tertiary/aromatic N) is 5. The number of piperazine rings is 1. The molecule has 0 aliphatic carbocycles. The van der Waals surface area contributed by atoms with Gasteiger partial charge in [0.15, 0.2) is 5.01 Å². The van der Waals surface area contributed by atoms with Crippen molar-refractivity contribution in [2.75, 3.05) is 31.1 Å². The number of rotatable bonds is 4. The molecule has 0 unspecified atom stereocenters. The lowest BCUT2D eigenvalue weighted by molar-refractivity contribution is -0.384. The van der Waals surface area contributed by atoms with E-state index < -0.39 is 4.92 Å². The molecule has 1 aliphatic rings. The van der Waals surface area contributed by atoms with Crippen LogP contribution in [0.2, 0.25) is 0 Å². The largest absolute Gasteiger partial charge is 0.343 e. The van der Waals surface area contributed by atoms with Gasteiger partial charge in [0, 0.05) is 43.9 Å². The Labute approximate surface area is 162 Å². The summed E-state index contributed by atoms with van der Waals surface area (Å²) in [5.74, 6) is -0.110. The molecule has 1 aromatic carbocycles. The molecule has 1 fully saturated rings. The normalized spacial score (nSPS) is 14.4. The van der Waals surface area contributed by atoms with Crippen LogP contribution in [-0.4, -0.2) is 52.1 Å². The zero-order valence-electron chi connectivity index (χ0n) is 14.1. The number of aromatic nitrogens is 2. The molecule has 0 radical (unpaired) electrons. The zero-order valence-corrected chi connectivity index (χ0v) is 15.8. The van der Waals surface area contributed by atoms with Gasteiger partial charge in [0.25, 0.3) is 11.6 Å². The third-order valence-electron chi connectivity index (χ3n) is 4.31. The van der Waals surface area contributed by atoms with Crippen molar-refractivity contribution in [3.8, 4) is 9.88 Å². The number of non-ortho nitro benzene ring substituents is 1. The van der Waals surface area contributed by atoms with Crippen LogP contribution in [0.1, 0.15) is 10.4 Å². The smallest absolute Gasteiger partial charge is 0.269 e. The molecule has 3 heterocycles. The monoisotopic (exact) mass is 401 g/mol. The van der Waals surface area contributed by atoms with Gasteiger partial charge in [-0.05, 0) is 23.6 Å². The molecule has 0 N–H and O–H groups in total. The summed E-state index contributed by atoms with van der Waals surface area (Å²) < 4.78 is 0. The topological polar surface area (TPSA) is 92.5 Å². The highest BCUT2D eigenvalue weighted by atomic mass is 32.1. The molecule has 0 bridgehead atoms. The maximum absolute atomic E-state index is 12.6. The summed E-state index contributed by atoms with van der Waals surface area (Å²) in [6.07, 6.45) is 0. The van der Waals surface area contributed by atoms with Gasteiger partial charge in [-0.15, -0.1) is 21.5 Å². The number of nitro benzene ring substituents is 1. The molecule has 4 rings (SSSR count). The summed E-state index contributed by atoms with van der Waals surface area (Å²) in [7, 11) is 0. The maximum atomic E-state index is 12.6. The van der Waals surface area contributed by atoms with Crippen LogP contribution in [0.4, 0.5) is 10.8 Å². The van der Waals surface area contributed by atoms with Gasteiger partial charge in [0.05, 0.1) is 9.80 Å². The Morgan fingerprint density at radius 1 is 1.07 bits per heavy atom. The van der Waals surface area contributed by atoms with E-state index in [0.717, 1.165) is 15.0 Å². The fourth-order valence-corrected chi connectivity index (χ4v) is 4.54. The first-order valence-electron chi connectivity index (χ1n) is 8.28. The van der Waals surface area contributed by atoms with Gasteiger partial charge in [-0.1, -0.05) is 17.4 Å². The number of nitro groups is 1. The Hall–Kier alpha value is -2.85. The lowest BCUT2D eigenvalue weighted by atomic mass is 10.1. The van der Waals surface area contributed by atoms with E-state index in [-0.39, 0.29) is 11.6 Å². The quantitative estimate of drug-likeness (QED) is 0.493. The molecular weight excluding hydrogens is 386 g/mol. The van der Waals surface area contributed by atoms with Crippen LogP contribution >= 0.6 is 22.7 Å². The van der Waals surface area contributed by atoms with Gasteiger partial charge in [-0.25, -0.2) is 0 Å². The number of carbonyl (C=O) groups is 1.